The number of piperidine rings is 1. The Morgan fingerprint density at radius 2 is 1.96 bits per heavy atom. The lowest BCUT2D eigenvalue weighted by Crippen LogP contribution is -2.56. The highest BCUT2D eigenvalue weighted by Gasteiger charge is 2.40. The van der Waals surface area contributed by atoms with Gasteiger partial charge >= 0.3 is 12.1 Å². The number of alkyl halides is 3. The fraction of sp³-hybridized carbons (Fsp3) is 0.529. The predicted octanol–water partition coefficient (Wildman–Crippen LogP) is 2.23. The van der Waals surface area contributed by atoms with E-state index in [0.717, 1.165) is 0 Å². The van der Waals surface area contributed by atoms with Crippen LogP contribution < -0.4 is 5.32 Å². The zero-order valence-electron chi connectivity index (χ0n) is 13.9. The van der Waals surface area contributed by atoms with E-state index in [1.54, 1.807) is 37.3 Å². The third kappa shape index (κ3) is 5.74. The molecule has 0 bridgehead atoms. The van der Waals surface area contributed by atoms with Gasteiger partial charge < -0.3 is 10.1 Å². The minimum atomic E-state index is -4.33. The van der Waals surface area contributed by atoms with Crippen molar-refractivity contribution in [2.45, 2.75) is 25.6 Å². The van der Waals surface area contributed by atoms with E-state index in [9.17, 15) is 22.8 Å². The maximum atomic E-state index is 12.7. The molecule has 0 spiro atoms. The van der Waals surface area contributed by atoms with Gasteiger partial charge in [-0.1, -0.05) is 18.2 Å². The van der Waals surface area contributed by atoms with Crippen molar-refractivity contribution in [2.75, 3.05) is 26.2 Å². The number of amides is 1. The summed E-state index contributed by atoms with van der Waals surface area (Å²) >= 11 is 0. The number of rotatable bonds is 5. The van der Waals surface area contributed by atoms with E-state index in [0.29, 0.717) is 5.56 Å². The van der Waals surface area contributed by atoms with E-state index >= 15 is 0 Å². The lowest BCUT2D eigenvalue weighted by Gasteiger charge is -2.37. The Morgan fingerprint density at radius 3 is 2.56 bits per heavy atom. The summed E-state index contributed by atoms with van der Waals surface area (Å²) in [5.74, 6) is -1.57. The third-order valence-electron chi connectivity index (χ3n) is 4.04. The normalized spacial score (nSPS) is 21.6. The van der Waals surface area contributed by atoms with Crippen LogP contribution in [-0.2, 0) is 9.53 Å². The van der Waals surface area contributed by atoms with Crippen LogP contribution in [0.3, 0.4) is 0 Å². The van der Waals surface area contributed by atoms with Crippen molar-refractivity contribution in [1.29, 1.82) is 0 Å². The molecule has 138 valence electrons. The summed E-state index contributed by atoms with van der Waals surface area (Å²) in [5.41, 5.74) is 0.387. The minimum Gasteiger partial charge on any atom is -0.466 e. The van der Waals surface area contributed by atoms with E-state index in [1.165, 1.54) is 4.90 Å². The van der Waals surface area contributed by atoms with E-state index in [4.69, 9.17) is 4.74 Å². The number of benzene rings is 1. The zero-order valence-corrected chi connectivity index (χ0v) is 13.9. The average molecular weight is 358 g/mol. The van der Waals surface area contributed by atoms with Gasteiger partial charge in [0.15, 0.2) is 0 Å². The summed E-state index contributed by atoms with van der Waals surface area (Å²) in [6, 6.07) is 7.60. The number of hydrogen-bond acceptors (Lipinski definition) is 4. The summed E-state index contributed by atoms with van der Waals surface area (Å²) in [6.45, 7) is 0.845. The first kappa shape index (κ1) is 19.2. The highest BCUT2D eigenvalue weighted by atomic mass is 19.4. The molecule has 1 N–H and O–H groups in total. The number of hydrogen-bond donors (Lipinski definition) is 1. The van der Waals surface area contributed by atoms with E-state index in [2.05, 4.69) is 5.32 Å². The van der Waals surface area contributed by atoms with Crippen molar-refractivity contribution in [1.82, 2.24) is 10.2 Å². The second kappa shape index (κ2) is 8.33. The fourth-order valence-electron chi connectivity index (χ4n) is 2.94. The monoisotopic (exact) mass is 358 g/mol. The highest BCUT2D eigenvalue weighted by molar-refractivity contribution is 5.94. The number of nitrogens with one attached hydrogen (secondary N) is 1. The van der Waals surface area contributed by atoms with Gasteiger partial charge in [-0.25, -0.2) is 0 Å². The Bertz CT molecular complexity index is 593. The van der Waals surface area contributed by atoms with Gasteiger partial charge in [-0.05, 0) is 32.0 Å². The molecule has 2 atom stereocenters. The first-order chi connectivity index (χ1) is 11.8. The van der Waals surface area contributed by atoms with Crippen molar-refractivity contribution in [3.63, 3.8) is 0 Å². The molecule has 5 nitrogen and oxygen atoms in total. The molecule has 1 saturated heterocycles. The highest BCUT2D eigenvalue weighted by Crippen LogP contribution is 2.24. The van der Waals surface area contributed by atoms with Crippen LogP contribution in [0.15, 0.2) is 30.3 Å². The molecular formula is C17H21F3N2O3. The fourth-order valence-corrected chi connectivity index (χ4v) is 2.94. The molecule has 1 aromatic carbocycles. The van der Waals surface area contributed by atoms with Gasteiger partial charge in [0.25, 0.3) is 5.91 Å². The van der Waals surface area contributed by atoms with Crippen LogP contribution in [0, 0.1) is 5.92 Å². The molecule has 1 amide bonds. The molecule has 1 aromatic rings. The summed E-state index contributed by atoms with van der Waals surface area (Å²) in [6.07, 6.45) is -4.13. The molecule has 1 aliphatic heterocycles. The Labute approximate surface area is 144 Å². The standard InChI is InChI=1S/C17H21F3N2O3/c1-2-25-16(24)13-8-9-22(11-17(18,19)20)10-14(13)21-15(23)12-6-4-3-5-7-12/h3-7,13-14H,2,8-11H2,1H3,(H,21,23)/t13-,14+/m1/s1. The molecular weight excluding hydrogens is 337 g/mol. The predicted molar refractivity (Wildman–Crippen MR) is 84.9 cm³/mol. The molecule has 1 fully saturated rings. The second-order valence-corrected chi connectivity index (χ2v) is 5.94. The van der Waals surface area contributed by atoms with Gasteiger partial charge in [0.1, 0.15) is 0 Å². The summed E-state index contributed by atoms with van der Waals surface area (Å²) in [7, 11) is 0. The number of carbonyl (C=O) groups is 2. The van der Waals surface area contributed by atoms with Crippen LogP contribution in [0.1, 0.15) is 23.7 Å². The van der Waals surface area contributed by atoms with Crippen LogP contribution >= 0.6 is 0 Å². The summed E-state index contributed by atoms with van der Waals surface area (Å²) in [4.78, 5) is 25.6. The van der Waals surface area contributed by atoms with Crippen LogP contribution in [0.4, 0.5) is 13.2 Å². The smallest absolute Gasteiger partial charge is 0.401 e. The Balaban J connectivity index is 2.10. The maximum Gasteiger partial charge on any atom is 0.401 e. The summed E-state index contributed by atoms with van der Waals surface area (Å²) in [5, 5.41) is 2.69. The first-order valence-corrected chi connectivity index (χ1v) is 8.12. The molecule has 8 heteroatoms. The lowest BCUT2D eigenvalue weighted by molar-refractivity contribution is -0.157. The van der Waals surface area contributed by atoms with E-state index in [1.807, 2.05) is 0 Å². The number of nitrogens with zero attached hydrogens (tertiary/aromatic N) is 1. The molecule has 0 aromatic heterocycles. The van der Waals surface area contributed by atoms with Crippen molar-refractivity contribution >= 4 is 11.9 Å². The van der Waals surface area contributed by atoms with Crippen molar-refractivity contribution in [3.05, 3.63) is 35.9 Å². The number of likely N-dealkylation sites (tertiary alicyclic amines) is 1. The van der Waals surface area contributed by atoms with Crippen molar-refractivity contribution in [3.8, 4) is 0 Å². The molecule has 1 aliphatic rings. The van der Waals surface area contributed by atoms with E-state index < -0.39 is 36.6 Å². The van der Waals surface area contributed by atoms with E-state index in [-0.39, 0.29) is 26.1 Å². The molecule has 25 heavy (non-hydrogen) atoms. The Morgan fingerprint density at radius 1 is 1.28 bits per heavy atom. The Kier molecular flexibility index (Phi) is 6.41. The molecule has 2 rings (SSSR count). The SMILES string of the molecule is CCOC(=O)[C@@H]1CCN(CC(F)(F)F)C[C@@H]1NC(=O)c1ccccc1. The second-order valence-electron chi connectivity index (χ2n) is 5.94. The van der Waals surface area contributed by atoms with Gasteiger partial charge in [-0.2, -0.15) is 13.2 Å². The van der Waals surface area contributed by atoms with Gasteiger partial charge in [0.2, 0.25) is 0 Å². The Hall–Kier alpha value is -2.09. The zero-order chi connectivity index (χ0) is 18.4. The van der Waals surface area contributed by atoms with Crippen LogP contribution in [-0.4, -0.2) is 55.2 Å². The number of ether oxygens (including phenoxy) is 1. The number of carbonyl (C=O) groups excluding carboxylic acids is 2. The van der Waals surface area contributed by atoms with Gasteiger partial charge in [0.05, 0.1) is 25.1 Å². The maximum absolute atomic E-state index is 12.7. The third-order valence-corrected chi connectivity index (χ3v) is 4.04. The molecule has 0 radical (unpaired) electrons. The molecule has 0 saturated carbocycles. The van der Waals surface area contributed by atoms with Gasteiger partial charge in [0, 0.05) is 12.1 Å². The van der Waals surface area contributed by atoms with Crippen molar-refractivity contribution in [2.24, 2.45) is 5.92 Å². The molecule has 0 aliphatic carbocycles. The largest absolute Gasteiger partial charge is 0.466 e. The van der Waals surface area contributed by atoms with Gasteiger partial charge in [-0.15, -0.1) is 0 Å². The quantitative estimate of drug-likeness (QED) is 0.820. The minimum absolute atomic E-state index is 0.0540. The van der Waals surface area contributed by atoms with Crippen LogP contribution in [0.25, 0.3) is 0 Å². The summed E-state index contributed by atoms with van der Waals surface area (Å²) < 4.78 is 43.0. The van der Waals surface area contributed by atoms with Gasteiger partial charge in [-0.3, -0.25) is 14.5 Å². The molecule has 1 heterocycles. The average Bonchev–Trinajstić information content (AvgIpc) is 2.54. The lowest BCUT2D eigenvalue weighted by atomic mass is 9.91. The number of esters is 1. The molecule has 0 unspecified atom stereocenters. The van der Waals surface area contributed by atoms with Crippen molar-refractivity contribution < 1.29 is 27.5 Å². The first-order valence-electron chi connectivity index (χ1n) is 8.12. The number of halogens is 3. The van der Waals surface area contributed by atoms with Crippen LogP contribution in [0.5, 0.6) is 0 Å². The van der Waals surface area contributed by atoms with Crippen LogP contribution in [0.2, 0.25) is 0 Å². The topological polar surface area (TPSA) is 58.6 Å².